The van der Waals surface area contributed by atoms with E-state index in [2.05, 4.69) is 11.2 Å². The summed E-state index contributed by atoms with van der Waals surface area (Å²) in [6, 6.07) is 4.76. The molecule has 1 amide bonds. The van der Waals surface area contributed by atoms with Crippen LogP contribution in [-0.2, 0) is 4.79 Å². The second kappa shape index (κ2) is 4.99. The number of amides is 1. The predicted octanol–water partition coefficient (Wildman–Crippen LogP) is 1.66. The number of carbonyl (C=O) groups is 2. The fourth-order valence-corrected chi connectivity index (χ4v) is 1.23. The zero-order valence-corrected chi connectivity index (χ0v) is 8.78. The number of hydrogen-bond donors (Lipinski definition) is 2. The van der Waals surface area contributed by atoms with Gasteiger partial charge in [0.15, 0.2) is 0 Å². The summed E-state index contributed by atoms with van der Waals surface area (Å²) in [5.74, 6) is 0.710. The summed E-state index contributed by atoms with van der Waals surface area (Å²) in [7, 11) is 0. The molecule has 0 saturated heterocycles. The number of carboxylic acid groups (broad SMARTS) is 1. The van der Waals surface area contributed by atoms with Crippen LogP contribution in [0.25, 0.3) is 0 Å². The van der Waals surface area contributed by atoms with E-state index >= 15 is 0 Å². The molecule has 0 fully saturated rings. The Labute approximate surface area is 93.3 Å². The van der Waals surface area contributed by atoms with Gasteiger partial charge in [0.25, 0.3) is 0 Å². The molecule has 1 aromatic carbocycles. The Balaban J connectivity index is 3.00. The van der Waals surface area contributed by atoms with Crippen molar-refractivity contribution < 1.29 is 14.7 Å². The van der Waals surface area contributed by atoms with E-state index in [0.717, 1.165) is 5.56 Å². The van der Waals surface area contributed by atoms with Crippen LogP contribution < -0.4 is 5.32 Å². The Hall–Kier alpha value is -2.28. The number of nitrogens with one attached hydrogen (secondary N) is 1. The summed E-state index contributed by atoms with van der Waals surface area (Å²) in [6.45, 7) is 1.78. The van der Waals surface area contributed by atoms with Gasteiger partial charge >= 0.3 is 5.97 Å². The number of terminal acetylenes is 1. The number of benzene rings is 1. The molecule has 0 aliphatic carbocycles. The number of aromatic carboxylic acids is 1. The van der Waals surface area contributed by atoms with Crippen LogP contribution in [0.1, 0.15) is 22.3 Å². The van der Waals surface area contributed by atoms with Gasteiger partial charge in [-0.15, -0.1) is 6.42 Å². The van der Waals surface area contributed by atoms with Crippen molar-refractivity contribution in [2.75, 3.05) is 5.32 Å². The van der Waals surface area contributed by atoms with Crippen LogP contribution >= 0.6 is 0 Å². The Morgan fingerprint density at radius 2 is 2.19 bits per heavy atom. The zero-order chi connectivity index (χ0) is 12.1. The number of anilines is 1. The summed E-state index contributed by atoms with van der Waals surface area (Å²) in [5.41, 5.74) is 1.14. The third-order valence-corrected chi connectivity index (χ3v) is 1.94. The van der Waals surface area contributed by atoms with E-state index < -0.39 is 11.9 Å². The zero-order valence-electron chi connectivity index (χ0n) is 8.78. The number of hydrogen-bond acceptors (Lipinski definition) is 2. The quantitative estimate of drug-likeness (QED) is 0.756. The van der Waals surface area contributed by atoms with Crippen LogP contribution in [0.3, 0.4) is 0 Å². The van der Waals surface area contributed by atoms with Gasteiger partial charge in [-0.25, -0.2) is 4.79 Å². The second-order valence-corrected chi connectivity index (χ2v) is 3.28. The first-order chi connectivity index (χ1) is 7.54. The van der Waals surface area contributed by atoms with Gasteiger partial charge in [0.05, 0.1) is 17.7 Å². The molecule has 2 N–H and O–H groups in total. The minimum absolute atomic E-state index is 0.0605. The smallest absolute Gasteiger partial charge is 0.337 e. The van der Waals surface area contributed by atoms with Gasteiger partial charge in [-0.05, 0) is 19.1 Å². The summed E-state index contributed by atoms with van der Waals surface area (Å²) in [4.78, 5) is 22.1. The van der Waals surface area contributed by atoms with Gasteiger partial charge in [0.1, 0.15) is 0 Å². The van der Waals surface area contributed by atoms with Crippen molar-refractivity contribution in [2.45, 2.75) is 13.3 Å². The van der Waals surface area contributed by atoms with E-state index in [1.807, 2.05) is 0 Å². The lowest BCUT2D eigenvalue weighted by Crippen LogP contribution is -2.13. The van der Waals surface area contributed by atoms with Crippen molar-refractivity contribution in [3.8, 4) is 12.3 Å². The number of rotatable bonds is 3. The van der Waals surface area contributed by atoms with Crippen LogP contribution in [0.4, 0.5) is 5.69 Å². The Morgan fingerprint density at radius 3 is 2.75 bits per heavy atom. The van der Waals surface area contributed by atoms with Gasteiger partial charge in [-0.2, -0.15) is 0 Å². The number of aryl methyl sites for hydroxylation is 1. The number of carbonyl (C=O) groups excluding carboxylic acids is 1. The highest BCUT2D eigenvalue weighted by molar-refractivity contribution is 6.01. The van der Waals surface area contributed by atoms with Gasteiger partial charge < -0.3 is 10.4 Å². The molecule has 0 heterocycles. The van der Waals surface area contributed by atoms with Gasteiger partial charge in [-0.3, -0.25) is 4.79 Å². The number of carboxylic acids is 1. The van der Waals surface area contributed by atoms with Crippen LogP contribution in [-0.4, -0.2) is 17.0 Å². The lowest BCUT2D eigenvalue weighted by Gasteiger charge is -2.07. The third kappa shape index (κ3) is 2.85. The van der Waals surface area contributed by atoms with E-state index in [1.54, 1.807) is 19.1 Å². The maximum absolute atomic E-state index is 11.2. The standard InChI is InChI=1S/C12H11NO3/c1-3-4-11(14)13-10-6-5-8(2)7-9(10)12(15)16/h1,5-7H,4H2,2H3,(H,13,14)(H,15,16). The molecular formula is C12H11NO3. The first-order valence-corrected chi connectivity index (χ1v) is 4.62. The highest BCUT2D eigenvalue weighted by Crippen LogP contribution is 2.17. The minimum Gasteiger partial charge on any atom is -0.478 e. The monoisotopic (exact) mass is 217 g/mol. The molecular weight excluding hydrogens is 206 g/mol. The van der Waals surface area contributed by atoms with Crippen LogP contribution in [0.5, 0.6) is 0 Å². The van der Waals surface area contributed by atoms with E-state index in [1.165, 1.54) is 6.07 Å². The first kappa shape index (κ1) is 11.8. The van der Waals surface area contributed by atoms with Gasteiger partial charge in [0, 0.05) is 0 Å². The Kier molecular flexibility index (Phi) is 3.67. The molecule has 0 unspecified atom stereocenters. The van der Waals surface area contributed by atoms with E-state index in [9.17, 15) is 9.59 Å². The van der Waals surface area contributed by atoms with Crippen molar-refractivity contribution >= 4 is 17.6 Å². The summed E-state index contributed by atoms with van der Waals surface area (Å²) in [5, 5.41) is 11.4. The van der Waals surface area contributed by atoms with Crippen molar-refractivity contribution in [3.63, 3.8) is 0 Å². The molecule has 82 valence electrons. The highest BCUT2D eigenvalue weighted by Gasteiger charge is 2.11. The fourth-order valence-electron chi connectivity index (χ4n) is 1.23. The molecule has 4 nitrogen and oxygen atoms in total. The largest absolute Gasteiger partial charge is 0.478 e. The van der Waals surface area contributed by atoms with Gasteiger partial charge in [0.2, 0.25) is 5.91 Å². The maximum atomic E-state index is 11.2. The molecule has 1 rings (SSSR count). The summed E-state index contributed by atoms with van der Waals surface area (Å²) in [6.07, 6.45) is 4.90. The van der Waals surface area contributed by atoms with Crippen molar-refractivity contribution in [1.29, 1.82) is 0 Å². The van der Waals surface area contributed by atoms with Crippen LogP contribution in [0, 0.1) is 19.3 Å². The summed E-state index contributed by atoms with van der Waals surface area (Å²) >= 11 is 0. The molecule has 1 aromatic rings. The van der Waals surface area contributed by atoms with E-state index in [-0.39, 0.29) is 17.7 Å². The SMILES string of the molecule is C#CCC(=O)Nc1ccc(C)cc1C(=O)O. The lowest BCUT2D eigenvalue weighted by atomic mass is 10.1. The molecule has 4 heteroatoms. The first-order valence-electron chi connectivity index (χ1n) is 4.62. The normalized spacial score (nSPS) is 9.25. The van der Waals surface area contributed by atoms with Crippen LogP contribution in [0.15, 0.2) is 18.2 Å². The molecule has 0 atom stereocenters. The molecule has 0 bridgehead atoms. The molecule has 0 saturated carbocycles. The topological polar surface area (TPSA) is 66.4 Å². The van der Waals surface area contributed by atoms with Crippen LogP contribution in [0.2, 0.25) is 0 Å². The van der Waals surface area contributed by atoms with E-state index in [4.69, 9.17) is 11.5 Å². The molecule has 0 aliphatic rings. The molecule has 16 heavy (non-hydrogen) atoms. The maximum Gasteiger partial charge on any atom is 0.337 e. The highest BCUT2D eigenvalue weighted by atomic mass is 16.4. The third-order valence-electron chi connectivity index (χ3n) is 1.94. The second-order valence-electron chi connectivity index (χ2n) is 3.28. The van der Waals surface area contributed by atoms with Crippen molar-refractivity contribution in [1.82, 2.24) is 0 Å². The van der Waals surface area contributed by atoms with E-state index in [0.29, 0.717) is 0 Å². The average molecular weight is 217 g/mol. The Morgan fingerprint density at radius 1 is 1.50 bits per heavy atom. The average Bonchev–Trinajstić information content (AvgIpc) is 2.20. The molecule has 0 aromatic heterocycles. The lowest BCUT2D eigenvalue weighted by molar-refractivity contribution is -0.115. The molecule has 0 spiro atoms. The predicted molar refractivity (Wildman–Crippen MR) is 60.2 cm³/mol. The van der Waals surface area contributed by atoms with Gasteiger partial charge in [-0.1, -0.05) is 17.6 Å². The van der Waals surface area contributed by atoms with Crippen molar-refractivity contribution in [2.24, 2.45) is 0 Å². The molecule has 0 radical (unpaired) electrons. The Bertz CT molecular complexity index is 472. The molecule has 0 aliphatic heterocycles. The summed E-state index contributed by atoms with van der Waals surface area (Å²) < 4.78 is 0. The van der Waals surface area contributed by atoms with Crippen molar-refractivity contribution in [3.05, 3.63) is 29.3 Å². The fraction of sp³-hybridized carbons (Fsp3) is 0.167. The minimum atomic E-state index is -1.08.